The van der Waals surface area contributed by atoms with Crippen molar-refractivity contribution in [2.45, 2.75) is 6.04 Å². The quantitative estimate of drug-likeness (QED) is 0.555. The molecule has 2 aromatic heterocycles. The molecule has 1 unspecified atom stereocenters. The highest BCUT2D eigenvalue weighted by molar-refractivity contribution is 5.77. The third-order valence-electron chi connectivity index (χ3n) is 3.05. The Morgan fingerprint density at radius 2 is 2.05 bits per heavy atom. The molecule has 0 saturated heterocycles. The summed E-state index contributed by atoms with van der Waals surface area (Å²) in [6, 6.07) is 9.25. The van der Waals surface area contributed by atoms with E-state index in [2.05, 4.69) is 15.4 Å². The van der Waals surface area contributed by atoms with E-state index in [1.165, 1.54) is 0 Å². The molecule has 0 aliphatic rings. The normalized spacial score (nSPS) is 12.5. The van der Waals surface area contributed by atoms with Crippen LogP contribution in [0.25, 0.3) is 11.0 Å². The fourth-order valence-electron chi connectivity index (χ4n) is 2.13. The first-order valence-corrected chi connectivity index (χ1v) is 6.13. The van der Waals surface area contributed by atoms with Gasteiger partial charge < -0.3 is 9.15 Å². The van der Waals surface area contributed by atoms with Crippen molar-refractivity contribution in [3.63, 3.8) is 0 Å². The minimum absolute atomic E-state index is 0.413. The number of furan rings is 1. The molecule has 2 heterocycles. The van der Waals surface area contributed by atoms with Gasteiger partial charge in [0, 0.05) is 17.8 Å². The van der Waals surface area contributed by atoms with Gasteiger partial charge in [-0.25, -0.2) is 10.4 Å². The number of nitrogens with zero attached hydrogens (tertiary/aromatic N) is 2. The van der Waals surface area contributed by atoms with Crippen molar-refractivity contribution in [2.75, 3.05) is 7.11 Å². The van der Waals surface area contributed by atoms with E-state index in [9.17, 15) is 0 Å². The van der Waals surface area contributed by atoms with Crippen molar-refractivity contribution in [3.05, 3.63) is 54.2 Å². The van der Waals surface area contributed by atoms with E-state index in [0.717, 1.165) is 11.0 Å². The average Bonchev–Trinajstić information content (AvgIpc) is 2.92. The number of fused-ring (bicyclic) bond motifs is 1. The Labute approximate surface area is 115 Å². The molecule has 0 spiro atoms. The van der Waals surface area contributed by atoms with E-state index in [1.807, 2.05) is 30.3 Å². The van der Waals surface area contributed by atoms with Gasteiger partial charge in [-0.1, -0.05) is 18.2 Å². The van der Waals surface area contributed by atoms with Gasteiger partial charge in [0.15, 0.2) is 0 Å². The largest absolute Gasteiger partial charge is 0.480 e. The summed E-state index contributed by atoms with van der Waals surface area (Å²) in [5.41, 5.74) is 4.07. The van der Waals surface area contributed by atoms with Gasteiger partial charge in [-0.2, -0.15) is 0 Å². The van der Waals surface area contributed by atoms with Crippen molar-refractivity contribution in [3.8, 4) is 5.88 Å². The Hall–Kier alpha value is -2.44. The molecule has 1 aromatic carbocycles. The number of ether oxygens (including phenoxy) is 1. The second-order valence-corrected chi connectivity index (χ2v) is 4.24. The summed E-state index contributed by atoms with van der Waals surface area (Å²) in [4.78, 5) is 8.40. The molecule has 0 aliphatic heterocycles. The van der Waals surface area contributed by atoms with Crippen LogP contribution in [0.2, 0.25) is 0 Å². The van der Waals surface area contributed by atoms with E-state index in [1.54, 1.807) is 19.5 Å². The molecule has 20 heavy (non-hydrogen) atoms. The molecule has 6 heteroatoms. The number of aromatic nitrogens is 2. The van der Waals surface area contributed by atoms with E-state index < -0.39 is 6.04 Å². The van der Waals surface area contributed by atoms with Crippen molar-refractivity contribution in [1.82, 2.24) is 15.4 Å². The molecule has 0 radical (unpaired) electrons. The second kappa shape index (κ2) is 5.28. The fraction of sp³-hybridized carbons (Fsp3) is 0.143. The van der Waals surface area contributed by atoms with Crippen LogP contribution < -0.4 is 16.0 Å². The maximum absolute atomic E-state index is 5.81. The lowest BCUT2D eigenvalue weighted by atomic mass is 10.1. The number of nitrogens with one attached hydrogen (secondary N) is 1. The standard InChI is InChI=1S/C14H14N4O2/c1-19-14-13(16-6-7-17-14)12(18-15)11-8-9-4-2-3-5-10(9)20-11/h2-8,12,18H,15H2,1H3. The van der Waals surface area contributed by atoms with E-state index in [4.69, 9.17) is 15.0 Å². The van der Waals surface area contributed by atoms with Crippen LogP contribution in [-0.4, -0.2) is 17.1 Å². The molecule has 3 aromatic rings. The molecule has 102 valence electrons. The third kappa shape index (κ3) is 2.11. The summed E-state index contributed by atoms with van der Waals surface area (Å²) in [5.74, 6) is 6.72. The highest BCUT2D eigenvalue weighted by Gasteiger charge is 2.23. The third-order valence-corrected chi connectivity index (χ3v) is 3.05. The number of para-hydroxylation sites is 1. The van der Waals surface area contributed by atoms with Gasteiger partial charge in [0.1, 0.15) is 23.1 Å². The van der Waals surface area contributed by atoms with Gasteiger partial charge in [0.2, 0.25) is 5.88 Å². The molecule has 0 saturated carbocycles. The Bertz CT molecular complexity index is 693. The minimum Gasteiger partial charge on any atom is -0.480 e. The van der Waals surface area contributed by atoms with Crippen molar-refractivity contribution in [1.29, 1.82) is 0 Å². The summed E-state index contributed by atoms with van der Waals surface area (Å²) >= 11 is 0. The zero-order valence-electron chi connectivity index (χ0n) is 10.9. The minimum atomic E-state index is -0.425. The van der Waals surface area contributed by atoms with E-state index >= 15 is 0 Å². The summed E-state index contributed by atoms with van der Waals surface area (Å²) in [5, 5.41) is 1.01. The summed E-state index contributed by atoms with van der Waals surface area (Å²) in [7, 11) is 1.54. The Balaban J connectivity index is 2.09. The smallest absolute Gasteiger partial charge is 0.237 e. The number of methoxy groups -OCH3 is 1. The summed E-state index contributed by atoms with van der Waals surface area (Å²) in [6.07, 6.45) is 3.15. The van der Waals surface area contributed by atoms with Crippen LogP contribution in [-0.2, 0) is 0 Å². The molecular formula is C14H14N4O2. The van der Waals surface area contributed by atoms with Crippen LogP contribution in [0.5, 0.6) is 5.88 Å². The lowest BCUT2D eigenvalue weighted by Gasteiger charge is -2.14. The van der Waals surface area contributed by atoms with Crippen LogP contribution in [0, 0.1) is 0 Å². The number of hydrazine groups is 1. The monoisotopic (exact) mass is 270 g/mol. The fourth-order valence-corrected chi connectivity index (χ4v) is 2.13. The number of hydrogen-bond donors (Lipinski definition) is 2. The molecule has 3 rings (SSSR count). The summed E-state index contributed by atoms with van der Waals surface area (Å²) in [6.45, 7) is 0. The first-order chi connectivity index (χ1) is 9.83. The van der Waals surface area contributed by atoms with Gasteiger partial charge in [-0.05, 0) is 12.1 Å². The second-order valence-electron chi connectivity index (χ2n) is 4.24. The van der Waals surface area contributed by atoms with Crippen LogP contribution in [0.15, 0.2) is 47.1 Å². The van der Waals surface area contributed by atoms with Crippen LogP contribution in [0.4, 0.5) is 0 Å². The highest BCUT2D eigenvalue weighted by atomic mass is 16.5. The number of rotatable bonds is 4. The van der Waals surface area contributed by atoms with Crippen LogP contribution in [0.3, 0.4) is 0 Å². The van der Waals surface area contributed by atoms with E-state index in [-0.39, 0.29) is 0 Å². The number of hydrogen-bond acceptors (Lipinski definition) is 6. The number of nitrogens with two attached hydrogens (primary N) is 1. The maximum Gasteiger partial charge on any atom is 0.237 e. The number of benzene rings is 1. The lowest BCUT2D eigenvalue weighted by molar-refractivity contribution is 0.375. The Morgan fingerprint density at radius 3 is 2.80 bits per heavy atom. The molecule has 6 nitrogen and oxygen atoms in total. The van der Waals surface area contributed by atoms with Gasteiger partial charge in [0.05, 0.1) is 7.11 Å². The van der Waals surface area contributed by atoms with Gasteiger partial charge >= 0.3 is 0 Å². The predicted molar refractivity (Wildman–Crippen MR) is 74.0 cm³/mol. The van der Waals surface area contributed by atoms with Gasteiger partial charge in [0.25, 0.3) is 0 Å². The topological polar surface area (TPSA) is 86.2 Å². The van der Waals surface area contributed by atoms with Gasteiger partial charge in [-0.15, -0.1) is 0 Å². The molecule has 0 bridgehead atoms. The molecule has 0 amide bonds. The first kappa shape index (κ1) is 12.6. The zero-order valence-corrected chi connectivity index (χ0v) is 10.9. The predicted octanol–water partition coefficient (Wildman–Crippen LogP) is 1.78. The molecule has 0 aliphatic carbocycles. The Morgan fingerprint density at radius 1 is 1.25 bits per heavy atom. The van der Waals surface area contributed by atoms with Crippen LogP contribution in [0.1, 0.15) is 17.5 Å². The SMILES string of the molecule is COc1nccnc1C(NN)c1cc2ccccc2o1. The average molecular weight is 270 g/mol. The molecular weight excluding hydrogens is 256 g/mol. The highest BCUT2D eigenvalue weighted by Crippen LogP contribution is 2.29. The van der Waals surface area contributed by atoms with Crippen molar-refractivity contribution < 1.29 is 9.15 Å². The van der Waals surface area contributed by atoms with Crippen LogP contribution >= 0.6 is 0 Å². The molecule has 1 atom stereocenters. The molecule has 3 N–H and O–H groups in total. The molecule has 0 fully saturated rings. The summed E-state index contributed by atoms with van der Waals surface area (Å²) < 4.78 is 11.0. The van der Waals surface area contributed by atoms with Crippen molar-refractivity contribution >= 4 is 11.0 Å². The maximum atomic E-state index is 5.81. The van der Waals surface area contributed by atoms with Crippen molar-refractivity contribution in [2.24, 2.45) is 5.84 Å². The van der Waals surface area contributed by atoms with Gasteiger partial charge in [-0.3, -0.25) is 10.8 Å². The lowest BCUT2D eigenvalue weighted by Crippen LogP contribution is -2.29. The van der Waals surface area contributed by atoms with E-state index in [0.29, 0.717) is 17.3 Å². The zero-order chi connectivity index (χ0) is 13.9. The Kier molecular flexibility index (Phi) is 3.32. The first-order valence-electron chi connectivity index (χ1n) is 6.13.